The fourth-order valence-corrected chi connectivity index (χ4v) is 3.51. The Morgan fingerprint density at radius 1 is 1.05 bits per heavy atom. The number of hydrogen-bond donors (Lipinski definition) is 1. The topological polar surface area (TPSA) is 86.3 Å². The van der Waals surface area contributed by atoms with E-state index in [1.165, 1.54) is 6.92 Å². The summed E-state index contributed by atoms with van der Waals surface area (Å²) in [5.74, 6) is -3.01. The molecule has 0 radical (unpaired) electrons. The average Bonchev–Trinajstić information content (AvgIpc) is 3.08. The number of nitrogens with one attached hydrogen (secondary N) is 1. The van der Waals surface area contributed by atoms with E-state index in [1.807, 2.05) is 12.2 Å². The minimum Gasteiger partial charge on any atom is -0.550 e. The van der Waals surface area contributed by atoms with Crippen molar-refractivity contribution in [1.29, 1.82) is 0 Å². The maximum atomic E-state index is 12.4. The van der Waals surface area contributed by atoms with Crippen molar-refractivity contribution in [3.63, 3.8) is 0 Å². The van der Waals surface area contributed by atoms with Crippen molar-refractivity contribution in [3.8, 4) is 0 Å². The van der Waals surface area contributed by atoms with Gasteiger partial charge in [-0.1, -0.05) is 12.2 Å². The van der Waals surface area contributed by atoms with E-state index in [9.17, 15) is 19.5 Å². The van der Waals surface area contributed by atoms with Crippen molar-refractivity contribution >= 4 is 23.3 Å². The average molecular weight is 298 g/mol. The Morgan fingerprint density at radius 3 is 2.18 bits per heavy atom. The van der Waals surface area contributed by atoms with Gasteiger partial charge in [-0.15, -0.1) is 0 Å². The van der Waals surface area contributed by atoms with Gasteiger partial charge in [-0.05, 0) is 49.4 Å². The Hall–Kier alpha value is -2.43. The highest BCUT2D eigenvalue weighted by Gasteiger charge is 2.48. The third kappa shape index (κ3) is 2.43. The molecule has 1 saturated carbocycles. The van der Waals surface area contributed by atoms with Gasteiger partial charge in [0.2, 0.25) is 5.91 Å². The van der Waals surface area contributed by atoms with Crippen LogP contribution in [0, 0.1) is 23.7 Å². The molecule has 4 atom stereocenters. The van der Waals surface area contributed by atoms with Crippen LogP contribution >= 0.6 is 0 Å². The lowest BCUT2D eigenvalue weighted by Gasteiger charge is -2.27. The standard InChI is InChI=1S/C17H17NO4/c1-9(19)10-4-6-13(7-5-10)18-16(20)14-11-2-3-12(8-11)15(14)17(21)22/h2-7,11-12,14-15H,8H2,1H3,(H,18,20)(H,21,22)/p-1/t11-,12-,14+,15-/m0/s1. The second-order valence-corrected chi connectivity index (χ2v) is 5.94. The Balaban J connectivity index is 1.75. The van der Waals surface area contributed by atoms with Crippen LogP contribution in [0.3, 0.4) is 0 Å². The molecule has 5 nitrogen and oxygen atoms in total. The summed E-state index contributed by atoms with van der Waals surface area (Å²) < 4.78 is 0. The van der Waals surface area contributed by atoms with Crippen LogP contribution < -0.4 is 10.4 Å². The van der Waals surface area contributed by atoms with Gasteiger partial charge in [-0.25, -0.2) is 0 Å². The molecule has 0 aromatic heterocycles. The Labute approximate surface area is 128 Å². The molecule has 2 aliphatic rings. The van der Waals surface area contributed by atoms with E-state index in [-0.39, 0.29) is 23.5 Å². The number of anilines is 1. The van der Waals surface area contributed by atoms with E-state index in [0.717, 1.165) is 0 Å². The smallest absolute Gasteiger partial charge is 0.228 e. The number of carbonyl (C=O) groups excluding carboxylic acids is 3. The first-order valence-electron chi connectivity index (χ1n) is 7.28. The number of aliphatic carboxylic acids is 1. The summed E-state index contributed by atoms with van der Waals surface area (Å²) >= 11 is 0. The van der Waals surface area contributed by atoms with Crippen LogP contribution in [0.4, 0.5) is 5.69 Å². The number of amides is 1. The van der Waals surface area contributed by atoms with Crippen molar-refractivity contribution < 1.29 is 19.5 Å². The van der Waals surface area contributed by atoms with Crippen LogP contribution in [-0.2, 0) is 9.59 Å². The minimum atomic E-state index is -1.16. The van der Waals surface area contributed by atoms with Crippen molar-refractivity contribution in [3.05, 3.63) is 42.0 Å². The zero-order valence-electron chi connectivity index (χ0n) is 12.1. The molecule has 0 aliphatic heterocycles. The number of allylic oxidation sites excluding steroid dienone is 2. The van der Waals surface area contributed by atoms with Gasteiger partial charge in [0.15, 0.2) is 5.78 Å². The number of carboxylic acid groups (broad SMARTS) is 1. The Kier molecular flexibility index (Phi) is 3.56. The van der Waals surface area contributed by atoms with Crippen LogP contribution in [0.5, 0.6) is 0 Å². The van der Waals surface area contributed by atoms with Gasteiger partial charge in [0.05, 0.1) is 5.92 Å². The molecule has 1 N–H and O–H groups in total. The first-order valence-corrected chi connectivity index (χ1v) is 7.28. The molecule has 5 heteroatoms. The lowest BCUT2D eigenvalue weighted by molar-refractivity contribution is -0.313. The van der Waals surface area contributed by atoms with E-state index in [4.69, 9.17) is 0 Å². The van der Waals surface area contributed by atoms with Crippen molar-refractivity contribution in [2.24, 2.45) is 23.7 Å². The molecule has 3 rings (SSSR count). The van der Waals surface area contributed by atoms with Crippen molar-refractivity contribution in [2.75, 3.05) is 5.32 Å². The maximum Gasteiger partial charge on any atom is 0.228 e. The van der Waals surface area contributed by atoms with Gasteiger partial charge in [0.25, 0.3) is 0 Å². The molecular formula is C17H16NO4-. The monoisotopic (exact) mass is 298 g/mol. The molecular weight excluding hydrogens is 282 g/mol. The highest BCUT2D eigenvalue weighted by molar-refractivity contribution is 5.97. The quantitative estimate of drug-likeness (QED) is 0.664. The van der Waals surface area contributed by atoms with Gasteiger partial charge in [0.1, 0.15) is 0 Å². The number of carbonyl (C=O) groups is 3. The summed E-state index contributed by atoms with van der Waals surface area (Å²) in [4.78, 5) is 35.0. The van der Waals surface area contributed by atoms with E-state index < -0.39 is 17.8 Å². The zero-order valence-corrected chi connectivity index (χ0v) is 12.1. The van der Waals surface area contributed by atoms with Gasteiger partial charge in [-0.2, -0.15) is 0 Å². The van der Waals surface area contributed by atoms with E-state index in [0.29, 0.717) is 17.7 Å². The summed E-state index contributed by atoms with van der Waals surface area (Å²) in [6, 6.07) is 6.56. The predicted octanol–water partition coefficient (Wildman–Crippen LogP) is 1.02. The SMILES string of the molecule is CC(=O)c1ccc(NC(=O)[C@H]2[C@@H](C(=O)[O-])[C@H]3C=C[C@H]2C3)cc1. The largest absolute Gasteiger partial charge is 0.550 e. The molecule has 1 aromatic rings. The van der Waals surface area contributed by atoms with Crippen LogP contribution in [0.15, 0.2) is 36.4 Å². The molecule has 1 amide bonds. The zero-order chi connectivity index (χ0) is 15.9. The van der Waals surface area contributed by atoms with Crippen LogP contribution in [-0.4, -0.2) is 17.7 Å². The number of benzene rings is 1. The number of fused-ring (bicyclic) bond motifs is 2. The molecule has 0 heterocycles. The molecule has 1 fully saturated rings. The minimum absolute atomic E-state index is 0.0376. The van der Waals surface area contributed by atoms with Crippen LogP contribution in [0.2, 0.25) is 0 Å². The predicted molar refractivity (Wildman–Crippen MR) is 77.8 cm³/mol. The van der Waals surface area contributed by atoms with E-state index in [1.54, 1.807) is 24.3 Å². The third-order valence-corrected chi connectivity index (χ3v) is 4.59. The summed E-state index contributed by atoms with van der Waals surface area (Å²) in [5, 5.41) is 14.1. The Morgan fingerprint density at radius 2 is 1.64 bits per heavy atom. The van der Waals surface area contributed by atoms with Gasteiger partial charge < -0.3 is 15.2 Å². The van der Waals surface area contributed by atoms with Crippen molar-refractivity contribution in [1.82, 2.24) is 0 Å². The second-order valence-electron chi connectivity index (χ2n) is 5.94. The highest BCUT2D eigenvalue weighted by Crippen LogP contribution is 2.48. The summed E-state index contributed by atoms with van der Waals surface area (Å²) in [7, 11) is 0. The molecule has 1 aromatic carbocycles. The molecule has 0 saturated heterocycles. The lowest BCUT2D eigenvalue weighted by Crippen LogP contribution is -2.42. The van der Waals surface area contributed by atoms with E-state index >= 15 is 0 Å². The molecule has 2 aliphatic carbocycles. The van der Waals surface area contributed by atoms with Gasteiger partial charge >= 0.3 is 0 Å². The molecule has 0 unspecified atom stereocenters. The summed E-state index contributed by atoms with van der Waals surface area (Å²) in [6.07, 6.45) is 4.49. The lowest BCUT2D eigenvalue weighted by atomic mass is 9.82. The van der Waals surface area contributed by atoms with Gasteiger partial charge in [0, 0.05) is 23.1 Å². The molecule has 2 bridgehead atoms. The Bertz CT molecular complexity index is 662. The molecule has 22 heavy (non-hydrogen) atoms. The fraction of sp³-hybridized carbons (Fsp3) is 0.353. The first-order chi connectivity index (χ1) is 10.5. The molecule has 0 spiro atoms. The maximum absolute atomic E-state index is 12.4. The normalized spacial score (nSPS) is 28.6. The number of ketones is 1. The third-order valence-electron chi connectivity index (χ3n) is 4.59. The number of carboxylic acids is 1. The summed E-state index contributed by atoms with van der Waals surface area (Å²) in [6.45, 7) is 1.47. The molecule has 114 valence electrons. The second kappa shape index (κ2) is 5.40. The number of Topliss-reactive ketones (excluding diaryl/α,β-unsaturated/α-hetero) is 1. The number of hydrogen-bond acceptors (Lipinski definition) is 4. The van der Waals surface area contributed by atoms with E-state index in [2.05, 4.69) is 5.32 Å². The highest BCUT2D eigenvalue weighted by atomic mass is 16.4. The first kappa shape index (κ1) is 14.5. The fourth-order valence-electron chi connectivity index (χ4n) is 3.51. The summed E-state index contributed by atoms with van der Waals surface area (Å²) in [5.41, 5.74) is 1.12. The van der Waals surface area contributed by atoms with Crippen LogP contribution in [0.25, 0.3) is 0 Å². The number of rotatable bonds is 4. The van der Waals surface area contributed by atoms with Crippen molar-refractivity contribution in [2.45, 2.75) is 13.3 Å². The van der Waals surface area contributed by atoms with Gasteiger partial charge in [-0.3, -0.25) is 9.59 Å². The van der Waals surface area contributed by atoms with Crippen LogP contribution in [0.1, 0.15) is 23.7 Å².